The molecule has 0 spiro atoms. The summed E-state index contributed by atoms with van der Waals surface area (Å²) in [6.07, 6.45) is 3.93. The normalized spacial score (nSPS) is 25.8. The maximum absolute atomic E-state index is 14.8. The van der Waals surface area contributed by atoms with E-state index in [-0.39, 0.29) is 29.5 Å². The third kappa shape index (κ3) is 3.13. The quantitative estimate of drug-likeness (QED) is 0.759. The van der Waals surface area contributed by atoms with E-state index in [4.69, 9.17) is 4.74 Å². The molecule has 1 fully saturated rings. The van der Waals surface area contributed by atoms with Crippen LogP contribution in [0.15, 0.2) is 65.9 Å². The summed E-state index contributed by atoms with van der Waals surface area (Å²) < 4.78 is 20.9. The molecule has 3 atom stereocenters. The average molecular weight is 405 g/mol. The van der Waals surface area contributed by atoms with Gasteiger partial charge >= 0.3 is 0 Å². The summed E-state index contributed by atoms with van der Waals surface area (Å²) in [5.74, 6) is -0.832. The van der Waals surface area contributed by atoms with Crippen molar-refractivity contribution < 1.29 is 18.7 Å². The van der Waals surface area contributed by atoms with Gasteiger partial charge in [-0.05, 0) is 37.3 Å². The first-order valence-electron chi connectivity index (χ1n) is 10.7. The zero-order valence-corrected chi connectivity index (χ0v) is 16.7. The molecule has 3 unspecified atom stereocenters. The summed E-state index contributed by atoms with van der Waals surface area (Å²) in [6.45, 7) is 0.390. The van der Waals surface area contributed by atoms with E-state index in [0.717, 1.165) is 31.2 Å². The fraction of sp³-hybridized carbons (Fsp3) is 0.360. The molecular formula is C25H24FNO3. The van der Waals surface area contributed by atoms with E-state index >= 15 is 0 Å². The third-order valence-corrected chi connectivity index (χ3v) is 6.54. The lowest BCUT2D eigenvalue weighted by molar-refractivity contribution is -0.135. The maximum Gasteiger partial charge on any atom is 0.290 e. The molecule has 2 aromatic rings. The van der Waals surface area contributed by atoms with Crippen LogP contribution >= 0.6 is 0 Å². The minimum Gasteiger partial charge on any atom is -0.483 e. The number of carbonyl (C=O) groups excluding carboxylic acids is 2. The van der Waals surface area contributed by atoms with Gasteiger partial charge in [-0.15, -0.1) is 0 Å². The molecule has 0 saturated heterocycles. The highest BCUT2D eigenvalue weighted by Crippen LogP contribution is 2.47. The molecule has 5 heteroatoms. The van der Waals surface area contributed by atoms with Crippen molar-refractivity contribution in [2.45, 2.75) is 44.2 Å². The molecule has 0 bridgehead atoms. The molecule has 30 heavy (non-hydrogen) atoms. The number of hydrogen-bond acceptors (Lipinski definition) is 3. The van der Waals surface area contributed by atoms with Gasteiger partial charge in [-0.2, -0.15) is 0 Å². The fourth-order valence-corrected chi connectivity index (χ4v) is 5.04. The van der Waals surface area contributed by atoms with Crippen molar-refractivity contribution in [3.8, 4) is 0 Å². The zero-order chi connectivity index (χ0) is 20.7. The number of fused-ring (bicyclic) bond motifs is 1. The number of rotatable bonds is 4. The van der Waals surface area contributed by atoms with Gasteiger partial charge in [0.05, 0.1) is 17.5 Å². The Morgan fingerprint density at radius 3 is 2.50 bits per heavy atom. The van der Waals surface area contributed by atoms with Gasteiger partial charge in [-0.25, -0.2) is 4.39 Å². The van der Waals surface area contributed by atoms with Gasteiger partial charge in [0, 0.05) is 12.1 Å². The Hall–Kier alpha value is -2.95. The largest absolute Gasteiger partial charge is 0.483 e. The number of nitrogens with zero attached hydrogens (tertiary/aromatic N) is 1. The smallest absolute Gasteiger partial charge is 0.290 e. The third-order valence-electron chi connectivity index (χ3n) is 6.54. The molecule has 2 heterocycles. The van der Waals surface area contributed by atoms with Crippen LogP contribution < -0.4 is 0 Å². The van der Waals surface area contributed by atoms with E-state index < -0.39 is 11.9 Å². The van der Waals surface area contributed by atoms with Gasteiger partial charge < -0.3 is 9.64 Å². The van der Waals surface area contributed by atoms with Crippen LogP contribution in [0, 0.1) is 11.7 Å². The van der Waals surface area contributed by atoms with E-state index in [0.29, 0.717) is 24.1 Å². The first-order valence-corrected chi connectivity index (χ1v) is 10.7. The Balaban J connectivity index is 1.54. The van der Waals surface area contributed by atoms with Crippen LogP contribution in [0.4, 0.5) is 4.39 Å². The van der Waals surface area contributed by atoms with Crippen molar-refractivity contribution in [1.82, 2.24) is 4.90 Å². The average Bonchev–Trinajstić information content (AvgIpc) is 3.05. The Labute approximate surface area is 175 Å². The molecule has 1 aliphatic carbocycles. The predicted molar refractivity (Wildman–Crippen MR) is 110 cm³/mol. The Morgan fingerprint density at radius 2 is 1.70 bits per heavy atom. The Bertz CT molecular complexity index is 1020. The molecule has 2 aromatic carbocycles. The lowest BCUT2D eigenvalue weighted by atomic mass is 9.77. The van der Waals surface area contributed by atoms with E-state index in [1.54, 1.807) is 23.1 Å². The molecule has 1 saturated carbocycles. The van der Waals surface area contributed by atoms with Gasteiger partial charge in [-0.1, -0.05) is 55.0 Å². The van der Waals surface area contributed by atoms with Gasteiger partial charge in [0.15, 0.2) is 11.5 Å². The number of hydrogen-bond donors (Lipinski definition) is 0. The van der Waals surface area contributed by atoms with Crippen LogP contribution in [0.3, 0.4) is 0 Å². The summed E-state index contributed by atoms with van der Waals surface area (Å²) in [6, 6.07) is 15.5. The van der Waals surface area contributed by atoms with Gasteiger partial charge in [0.25, 0.3) is 5.91 Å². The number of amides is 1. The first kappa shape index (κ1) is 19.0. The second-order valence-corrected chi connectivity index (χ2v) is 8.31. The van der Waals surface area contributed by atoms with Crippen LogP contribution in [-0.2, 0) is 20.7 Å². The highest BCUT2D eigenvalue weighted by Gasteiger charge is 2.52. The van der Waals surface area contributed by atoms with Crippen molar-refractivity contribution in [3.63, 3.8) is 0 Å². The molecular weight excluding hydrogens is 381 g/mol. The topological polar surface area (TPSA) is 46.6 Å². The monoisotopic (exact) mass is 405 g/mol. The summed E-state index contributed by atoms with van der Waals surface area (Å²) in [7, 11) is 0. The molecule has 154 valence electrons. The molecule has 0 N–H and O–H groups in total. The second-order valence-electron chi connectivity index (χ2n) is 8.31. The van der Waals surface area contributed by atoms with Crippen molar-refractivity contribution in [2.75, 3.05) is 6.54 Å². The van der Waals surface area contributed by atoms with E-state index in [9.17, 15) is 14.0 Å². The lowest BCUT2D eigenvalue weighted by Gasteiger charge is -2.35. The summed E-state index contributed by atoms with van der Waals surface area (Å²) >= 11 is 0. The van der Waals surface area contributed by atoms with E-state index in [1.165, 1.54) is 6.07 Å². The molecule has 4 nitrogen and oxygen atoms in total. The molecule has 2 aliphatic heterocycles. The number of ether oxygens (including phenoxy) is 1. The van der Waals surface area contributed by atoms with Crippen molar-refractivity contribution in [1.29, 1.82) is 0 Å². The van der Waals surface area contributed by atoms with E-state index in [1.807, 2.05) is 30.3 Å². The SMILES string of the molecule is O=C1C2=C(OC3CCCCC13)C(=O)N(CCc1ccccc1)C2c1ccccc1F. The predicted octanol–water partition coefficient (Wildman–Crippen LogP) is 4.36. The number of carbonyl (C=O) groups is 2. The van der Waals surface area contributed by atoms with Gasteiger partial charge in [0.2, 0.25) is 0 Å². The Morgan fingerprint density at radius 1 is 0.967 bits per heavy atom. The van der Waals surface area contributed by atoms with Crippen LogP contribution in [0.5, 0.6) is 0 Å². The number of Topliss-reactive ketones (excluding diaryl/α,β-unsaturated/α-hetero) is 1. The molecule has 0 radical (unpaired) electrons. The molecule has 5 rings (SSSR count). The van der Waals surface area contributed by atoms with Crippen LogP contribution in [-0.4, -0.2) is 29.2 Å². The molecule has 3 aliphatic rings. The maximum atomic E-state index is 14.8. The van der Waals surface area contributed by atoms with Crippen molar-refractivity contribution in [2.24, 2.45) is 5.92 Å². The summed E-state index contributed by atoms with van der Waals surface area (Å²) in [4.78, 5) is 28.4. The number of ketones is 1. The Kier molecular flexibility index (Phi) is 4.89. The number of halogens is 1. The second kappa shape index (κ2) is 7.71. The van der Waals surface area contributed by atoms with Gasteiger partial charge in [0.1, 0.15) is 11.9 Å². The highest BCUT2D eigenvalue weighted by atomic mass is 19.1. The van der Waals surface area contributed by atoms with Crippen LogP contribution in [0.1, 0.15) is 42.9 Å². The van der Waals surface area contributed by atoms with Crippen LogP contribution in [0.25, 0.3) is 0 Å². The minimum atomic E-state index is -0.729. The number of benzene rings is 2. The molecule has 0 aromatic heterocycles. The first-order chi connectivity index (χ1) is 14.6. The highest BCUT2D eigenvalue weighted by molar-refractivity contribution is 6.11. The summed E-state index contributed by atoms with van der Waals surface area (Å²) in [5.41, 5.74) is 1.79. The van der Waals surface area contributed by atoms with Crippen LogP contribution in [0.2, 0.25) is 0 Å². The minimum absolute atomic E-state index is 0.0373. The standard InChI is InChI=1S/C25H24FNO3/c26-19-12-6-4-10-17(19)22-21-23(28)18-11-5-7-13-20(18)30-24(21)25(29)27(22)15-14-16-8-2-1-3-9-16/h1-4,6,8-10,12,18,20,22H,5,7,11,13-15H2. The molecule has 1 amide bonds. The van der Waals surface area contributed by atoms with Crippen molar-refractivity contribution >= 4 is 11.7 Å². The van der Waals surface area contributed by atoms with Crippen molar-refractivity contribution in [3.05, 3.63) is 82.9 Å². The lowest BCUT2D eigenvalue weighted by Crippen LogP contribution is -2.39. The van der Waals surface area contributed by atoms with Gasteiger partial charge in [-0.3, -0.25) is 9.59 Å². The summed E-state index contributed by atoms with van der Waals surface area (Å²) in [5, 5.41) is 0. The fourth-order valence-electron chi connectivity index (χ4n) is 5.04. The zero-order valence-electron chi connectivity index (χ0n) is 16.7. The van der Waals surface area contributed by atoms with E-state index in [2.05, 4.69) is 0 Å².